The van der Waals surface area contributed by atoms with Crippen LogP contribution in [-0.4, -0.2) is 37.8 Å². The number of hydrogen-bond donors (Lipinski definition) is 2. The van der Waals surface area contributed by atoms with Gasteiger partial charge in [0.25, 0.3) is 5.91 Å². The van der Waals surface area contributed by atoms with Gasteiger partial charge in [-0.05, 0) is 48.6 Å². The van der Waals surface area contributed by atoms with E-state index >= 15 is 0 Å². The number of carbonyl (C=O) groups is 1. The Balaban J connectivity index is 1.51. The lowest BCUT2D eigenvalue weighted by Gasteiger charge is -2.12. The molecule has 5 rings (SSSR count). The molecular formula is C20H18N6O2. The Morgan fingerprint density at radius 2 is 2.11 bits per heavy atom. The number of nitrogens with one attached hydrogen (secondary N) is 2. The van der Waals surface area contributed by atoms with Gasteiger partial charge in [-0.3, -0.25) is 9.89 Å². The van der Waals surface area contributed by atoms with Crippen molar-refractivity contribution in [3.05, 3.63) is 59.7 Å². The molecule has 0 atom stereocenters. The van der Waals surface area contributed by atoms with Gasteiger partial charge in [-0.1, -0.05) is 0 Å². The number of rotatable bonds is 4. The highest BCUT2D eigenvalue weighted by Crippen LogP contribution is 2.38. The topological polar surface area (TPSA) is 97.2 Å². The average Bonchev–Trinajstić information content (AvgIpc) is 3.45. The van der Waals surface area contributed by atoms with Crippen LogP contribution >= 0.6 is 0 Å². The van der Waals surface area contributed by atoms with E-state index in [1.54, 1.807) is 36.3 Å². The zero-order valence-corrected chi connectivity index (χ0v) is 15.3. The second-order valence-electron chi connectivity index (χ2n) is 6.73. The minimum atomic E-state index is -0.295. The van der Waals surface area contributed by atoms with Gasteiger partial charge >= 0.3 is 0 Å². The van der Waals surface area contributed by atoms with Crippen LogP contribution < -0.4 is 10.1 Å². The average molecular weight is 374 g/mol. The number of aromatic amines is 1. The summed E-state index contributed by atoms with van der Waals surface area (Å²) in [6.45, 7) is 0. The molecule has 0 aliphatic heterocycles. The minimum Gasteiger partial charge on any atom is -0.496 e. The molecule has 0 bridgehead atoms. The molecule has 1 aliphatic carbocycles. The fourth-order valence-corrected chi connectivity index (χ4v) is 3.73. The Hall–Kier alpha value is -3.68. The maximum Gasteiger partial charge on any atom is 0.261 e. The van der Waals surface area contributed by atoms with Crippen molar-refractivity contribution in [1.29, 1.82) is 0 Å². The lowest BCUT2D eigenvalue weighted by Crippen LogP contribution is -2.12. The summed E-state index contributed by atoms with van der Waals surface area (Å²) in [5.74, 6) is 0.467. The molecule has 0 radical (unpaired) electrons. The monoisotopic (exact) mass is 374 g/mol. The van der Waals surface area contributed by atoms with E-state index < -0.39 is 0 Å². The first-order chi connectivity index (χ1) is 13.7. The number of anilines is 1. The Bertz CT molecular complexity index is 1190. The number of H-pyrrole nitrogens is 1. The molecule has 3 aromatic heterocycles. The van der Waals surface area contributed by atoms with Gasteiger partial charge in [-0.25, -0.2) is 9.50 Å². The standard InChI is InChI=1S/C20H18N6O2/c1-28-17-9-13-5-2-4-12(13)8-14(17)18-16(11-22-25-18)24-20(27)15-10-23-26-7-3-6-21-19(15)26/h3,6-11H,2,4-5H2,1H3,(H,22,25)(H,24,27). The molecule has 0 spiro atoms. The number of benzene rings is 1. The molecule has 4 aromatic rings. The largest absolute Gasteiger partial charge is 0.496 e. The maximum atomic E-state index is 12.8. The van der Waals surface area contributed by atoms with Crippen LogP contribution in [0.5, 0.6) is 5.75 Å². The Morgan fingerprint density at radius 1 is 1.25 bits per heavy atom. The normalized spacial score (nSPS) is 12.9. The third-order valence-corrected chi connectivity index (χ3v) is 5.09. The number of methoxy groups -OCH3 is 1. The van der Waals surface area contributed by atoms with Crippen LogP contribution in [0.3, 0.4) is 0 Å². The molecule has 0 fully saturated rings. The second-order valence-corrected chi connectivity index (χ2v) is 6.73. The molecule has 0 saturated carbocycles. The lowest BCUT2D eigenvalue weighted by atomic mass is 10.0. The quantitative estimate of drug-likeness (QED) is 0.572. The van der Waals surface area contributed by atoms with Gasteiger partial charge in [-0.2, -0.15) is 10.2 Å². The highest BCUT2D eigenvalue weighted by atomic mass is 16.5. The molecule has 1 aromatic carbocycles. The van der Waals surface area contributed by atoms with Crippen LogP contribution in [0.2, 0.25) is 0 Å². The Morgan fingerprint density at radius 3 is 2.96 bits per heavy atom. The first-order valence-corrected chi connectivity index (χ1v) is 9.08. The van der Waals surface area contributed by atoms with E-state index in [0.717, 1.165) is 30.6 Å². The van der Waals surface area contributed by atoms with Crippen LogP contribution in [0.25, 0.3) is 16.9 Å². The number of carbonyl (C=O) groups excluding carboxylic acids is 1. The zero-order chi connectivity index (χ0) is 19.1. The molecule has 8 heteroatoms. The smallest absolute Gasteiger partial charge is 0.261 e. The van der Waals surface area contributed by atoms with Gasteiger partial charge in [-0.15, -0.1) is 0 Å². The number of ether oxygens (including phenoxy) is 1. The molecule has 1 amide bonds. The third-order valence-electron chi connectivity index (χ3n) is 5.09. The SMILES string of the molecule is COc1cc2c(cc1-c1[nH]ncc1NC(=O)c1cnn3cccnc13)CCC2. The number of aryl methyl sites for hydroxylation is 2. The summed E-state index contributed by atoms with van der Waals surface area (Å²) in [5.41, 5.74) is 5.71. The van der Waals surface area contributed by atoms with Crippen molar-refractivity contribution in [3.63, 3.8) is 0 Å². The highest BCUT2D eigenvalue weighted by molar-refractivity contribution is 6.09. The molecule has 0 saturated heterocycles. The zero-order valence-electron chi connectivity index (χ0n) is 15.3. The molecule has 140 valence electrons. The van der Waals surface area contributed by atoms with Crippen molar-refractivity contribution in [1.82, 2.24) is 24.8 Å². The number of hydrogen-bond acceptors (Lipinski definition) is 5. The number of nitrogens with zero attached hydrogens (tertiary/aromatic N) is 4. The summed E-state index contributed by atoms with van der Waals surface area (Å²) in [6, 6.07) is 5.97. The fourth-order valence-electron chi connectivity index (χ4n) is 3.73. The van der Waals surface area contributed by atoms with Gasteiger partial charge in [0.1, 0.15) is 11.3 Å². The summed E-state index contributed by atoms with van der Waals surface area (Å²) in [7, 11) is 1.65. The predicted octanol–water partition coefficient (Wildman–Crippen LogP) is 2.87. The predicted molar refractivity (Wildman–Crippen MR) is 104 cm³/mol. The van der Waals surface area contributed by atoms with E-state index in [-0.39, 0.29) is 5.91 Å². The van der Waals surface area contributed by atoms with Crippen molar-refractivity contribution in [2.75, 3.05) is 12.4 Å². The van der Waals surface area contributed by atoms with Gasteiger partial charge in [0.05, 0.1) is 30.9 Å². The van der Waals surface area contributed by atoms with Crippen LogP contribution in [-0.2, 0) is 12.8 Å². The van der Waals surface area contributed by atoms with E-state index in [0.29, 0.717) is 22.6 Å². The summed E-state index contributed by atoms with van der Waals surface area (Å²) in [4.78, 5) is 17.1. The fraction of sp³-hybridized carbons (Fsp3) is 0.200. The summed E-state index contributed by atoms with van der Waals surface area (Å²) in [5, 5.41) is 14.2. The van der Waals surface area contributed by atoms with E-state index in [1.165, 1.54) is 17.3 Å². The molecule has 8 nitrogen and oxygen atoms in total. The van der Waals surface area contributed by atoms with Gasteiger partial charge in [0, 0.05) is 18.0 Å². The molecule has 0 unspecified atom stereocenters. The first-order valence-electron chi connectivity index (χ1n) is 9.08. The molecule has 2 N–H and O–H groups in total. The molecular weight excluding hydrogens is 356 g/mol. The van der Waals surface area contributed by atoms with Gasteiger partial charge in [0.2, 0.25) is 0 Å². The van der Waals surface area contributed by atoms with Crippen molar-refractivity contribution in [3.8, 4) is 17.0 Å². The Kier molecular flexibility index (Phi) is 3.82. The van der Waals surface area contributed by atoms with Crippen molar-refractivity contribution >= 4 is 17.2 Å². The summed E-state index contributed by atoms with van der Waals surface area (Å²) < 4.78 is 7.16. The molecule has 28 heavy (non-hydrogen) atoms. The van der Waals surface area contributed by atoms with Crippen LogP contribution in [0.1, 0.15) is 27.9 Å². The van der Waals surface area contributed by atoms with Crippen LogP contribution in [0.15, 0.2) is 43.0 Å². The van der Waals surface area contributed by atoms with E-state index in [1.807, 2.05) is 0 Å². The Labute approximate surface area is 160 Å². The summed E-state index contributed by atoms with van der Waals surface area (Å²) >= 11 is 0. The minimum absolute atomic E-state index is 0.295. The maximum absolute atomic E-state index is 12.8. The third kappa shape index (κ3) is 2.61. The van der Waals surface area contributed by atoms with E-state index in [4.69, 9.17) is 4.74 Å². The second kappa shape index (κ2) is 6.49. The number of amides is 1. The number of aromatic nitrogens is 5. The van der Waals surface area contributed by atoms with E-state index in [9.17, 15) is 4.79 Å². The molecule has 3 heterocycles. The van der Waals surface area contributed by atoms with E-state index in [2.05, 4.69) is 37.7 Å². The molecule has 1 aliphatic rings. The van der Waals surface area contributed by atoms with Crippen LogP contribution in [0, 0.1) is 0 Å². The van der Waals surface area contributed by atoms with Crippen molar-refractivity contribution in [2.45, 2.75) is 19.3 Å². The highest BCUT2D eigenvalue weighted by Gasteiger charge is 2.21. The van der Waals surface area contributed by atoms with Gasteiger partial charge < -0.3 is 10.1 Å². The van der Waals surface area contributed by atoms with Crippen molar-refractivity contribution < 1.29 is 9.53 Å². The van der Waals surface area contributed by atoms with Crippen molar-refractivity contribution in [2.24, 2.45) is 0 Å². The first kappa shape index (κ1) is 16.5. The number of fused-ring (bicyclic) bond motifs is 2. The lowest BCUT2D eigenvalue weighted by molar-refractivity contribution is 0.102. The van der Waals surface area contributed by atoms with Gasteiger partial charge in [0.15, 0.2) is 5.65 Å². The summed E-state index contributed by atoms with van der Waals surface area (Å²) in [6.07, 6.45) is 9.75. The van der Waals surface area contributed by atoms with Crippen LogP contribution in [0.4, 0.5) is 5.69 Å².